The van der Waals surface area contributed by atoms with Crippen molar-refractivity contribution in [1.29, 1.82) is 0 Å². The minimum Gasteiger partial charge on any atom is -0.330 e. The number of nitrogens with two attached hydrogens (primary N) is 1. The normalized spacial score (nSPS) is 26.2. The molecule has 1 aromatic heterocycles. The second-order valence-electron chi connectivity index (χ2n) is 4.50. The van der Waals surface area contributed by atoms with Crippen LogP contribution >= 0.6 is 0 Å². The van der Waals surface area contributed by atoms with Gasteiger partial charge >= 0.3 is 0 Å². The van der Waals surface area contributed by atoms with Crippen LogP contribution in [0.5, 0.6) is 0 Å². The van der Waals surface area contributed by atoms with E-state index < -0.39 is 0 Å². The lowest BCUT2D eigenvalue weighted by molar-refractivity contribution is 0.450. The molecule has 4 nitrogen and oxygen atoms in total. The van der Waals surface area contributed by atoms with Gasteiger partial charge in [-0.05, 0) is 44.6 Å². The molecule has 76 valence electrons. The zero-order valence-corrected chi connectivity index (χ0v) is 8.32. The van der Waals surface area contributed by atoms with Crippen LogP contribution in [-0.2, 0) is 12.8 Å². The highest BCUT2D eigenvalue weighted by atomic mass is 15.5. The van der Waals surface area contributed by atoms with Crippen LogP contribution in [0.25, 0.3) is 0 Å². The van der Waals surface area contributed by atoms with Crippen molar-refractivity contribution in [2.24, 2.45) is 11.7 Å². The van der Waals surface area contributed by atoms with Gasteiger partial charge in [-0.25, -0.2) is 4.68 Å². The topological polar surface area (TPSA) is 56.7 Å². The van der Waals surface area contributed by atoms with E-state index in [1.54, 1.807) is 0 Å². The molecular weight excluding hydrogens is 176 g/mol. The number of nitrogens with zero attached hydrogens (tertiary/aromatic N) is 3. The van der Waals surface area contributed by atoms with Gasteiger partial charge in [0.25, 0.3) is 0 Å². The molecule has 0 saturated heterocycles. The van der Waals surface area contributed by atoms with E-state index in [1.165, 1.54) is 30.7 Å². The smallest absolute Gasteiger partial charge is 0.0862 e. The van der Waals surface area contributed by atoms with Crippen LogP contribution in [-0.4, -0.2) is 21.5 Å². The average molecular weight is 192 g/mol. The molecule has 1 saturated carbocycles. The van der Waals surface area contributed by atoms with Crippen LogP contribution in [0.1, 0.15) is 36.7 Å². The Labute approximate surface area is 83.5 Å². The summed E-state index contributed by atoms with van der Waals surface area (Å²) >= 11 is 0. The Morgan fingerprint density at radius 2 is 2.21 bits per heavy atom. The summed E-state index contributed by atoms with van der Waals surface area (Å²) in [7, 11) is 0. The molecule has 1 fully saturated rings. The zero-order valence-electron chi connectivity index (χ0n) is 8.32. The molecule has 0 spiro atoms. The minimum atomic E-state index is 0.631. The maximum absolute atomic E-state index is 5.68. The van der Waals surface area contributed by atoms with Crippen molar-refractivity contribution in [3.05, 3.63) is 11.4 Å². The molecule has 14 heavy (non-hydrogen) atoms. The molecule has 0 aliphatic heterocycles. The van der Waals surface area contributed by atoms with Gasteiger partial charge in [0, 0.05) is 0 Å². The Balaban J connectivity index is 1.88. The van der Waals surface area contributed by atoms with Crippen LogP contribution in [0.2, 0.25) is 0 Å². The van der Waals surface area contributed by atoms with Gasteiger partial charge in [0.1, 0.15) is 0 Å². The van der Waals surface area contributed by atoms with Crippen molar-refractivity contribution in [2.75, 3.05) is 6.54 Å². The first kappa shape index (κ1) is 8.41. The van der Waals surface area contributed by atoms with Crippen molar-refractivity contribution in [3.63, 3.8) is 0 Å². The lowest BCUT2D eigenvalue weighted by Gasteiger charge is -2.19. The first-order valence-electron chi connectivity index (χ1n) is 5.51. The number of aromatic nitrogens is 3. The molecule has 0 radical (unpaired) electrons. The second-order valence-corrected chi connectivity index (χ2v) is 4.50. The summed E-state index contributed by atoms with van der Waals surface area (Å²) in [6.07, 6.45) is 5.95. The first-order valence-corrected chi connectivity index (χ1v) is 5.51. The van der Waals surface area contributed by atoms with E-state index in [4.69, 9.17) is 5.73 Å². The van der Waals surface area contributed by atoms with Crippen LogP contribution in [0.15, 0.2) is 0 Å². The Bertz CT molecular complexity index is 340. The molecule has 0 bridgehead atoms. The van der Waals surface area contributed by atoms with E-state index in [0.29, 0.717) is 12.0 Å². The SMILES string of the molecule is NCC1CCc2c(nnn2C2CC2)C1. The van der Waals surface area contributed by atoms with E-state index in [-0.39, 0.29) is 0 Å². The second kappa shape index (κ2) is 3.05. The standard InChI is InChI=1S/C10H16N4/c11-6-7-1-4-10-9(5-7)12-13-14(10)8-2-3-8/h7-8H,1-6,11H2. The molecule has 2 N–H and O–H groups in total. The summed E-state index contributed by atoms with van der Waals surface area (Å²) < 4.78 is 2.15. The highest BCUT2D eigenvalue weighted by molar-refractivity contribution is 5.16. The Kier molecular flexibility index (Phi) is 1.83. The number of rotatable bonds is 2. The quantitative estimate of drug-likeness (QED) is 0.749. The fourth-order valence-electron chi connectivity index (χ4n) is 2.29. The summed E-state index contributed by atoms with van der Waals surface area (Å²) in [4.78, 5) is 0. The lowest BCUT2D eigenvalue weighted by Crippen LogP contribution is -2.23. The van der Waals surface area contributed by atoms with Crippen molar-refractivity contribution in [3.8, 4) is 0 Å². The van der Waals surface area contributed by atoms with E-state index in [0.717, 1.165) is 19.4 Å². The number of hydrogen-bond donors (Lipinski definition) is 1. The monoisotopic (exact) mass is 192 g/mol. The third-order valence-corrected chi connectivity index (χ3v) is 3.37. The van der Waals surface area contributed by atoms with E-state index in [1.807, 2.05) is 0 Å². The van der Waals surface area contributed by atoms with Gasteiger partial charge < -0.3 is 5.73 Å². The first-order chi connectivity index (χ1) is 6.88. The van der Waals surface area contributed by atoms with Gasteiger partial charge in [-0.15, -0.1) is 5.10 Å². The molecule has 0 aromatic carbocycles. The molecule has 1 heterocycles. The van der Waals surface area contributed by atoms with Crippen molar-refractivity contribution in [1.82, 2.24) is 15.0 Å². The molecule has 4 heteroatoms. The van der Waals surface area contributed by atoms with Gasteiger partial charge in [-0.1, -0.05) is 5.21 Å². The highest BCUT2D eigenvalue weighted by Crippen LogP contribution is 2.37. The van der Waals surface area contributed by atoms with E-state index in [2.05, 4.69) is 15.0 Å². The fraction of sp³-hybridized carbons (Fsp3) is 0.800. The maximum Gasteiger partial charge on any atom is 0.0862 e. The van der Waals surface area contributed by atoms with Gasteiger partial charge in [0.15, 0.2) is 0 Å². The Hall–Kier alpha value is -0.900. The van der Waals surface area contributed by atoms with Gasteiger partial charge in [0.2, 0.25) is 0 Å². The van der Waals surface area contributed by atoms with Crippen LogP contribution < -0.4 is 5.73 Å². The van der Waals surface area contributed by atoms with Crippen molar-refractivity contribution in [2.45, 2.75) is 38.1 Å². The summed E-state index contributed by atoms with van der Waals surface area (Å²) in [6.45, 7) is 0.787. The molecular formula is C10H16N4. The summed E-state index contributed by atoms with van der Waals surface area (Å²) in [6, 6.07) is 0.667. The van der Waals surface area contributed by atoms with E-state index in [9.17, 15) is 0 Å². The summed E-state index contributed by atoms with van der Waals surface area (Å²) in [5.41, 5.74) is 8.28. The molecule has 1 unspecified atom stereocenters. The third-order valence-electron chi connectivity index (χ3n) is 3.37. The third kappa shape index (κ3) is 1.25. The molecule has 1 aromatic rings. The van der Waals surface area contributed by atoms with Crippen LogP contribution in [0, 0.1) is 5.92 Å². The Morgan fingerprint density at radius 3 is 2.93 bits per heavy atom. The molecule has 1 atom stereocenters. The van der Waals surface area contributed by atoms with Crippen LogP contribution in [0.3, 0.4) is 0 Å². The average Bonchev–Trinajstić information content (AvgIpc) is 2.98. The van der Waals surface area contributed by atoms with E-state index >= 15 is 0 Å². The Morgan fingerprint density at radius 1 is 1.36 bits per heavy atom. The number of hydrogen-bond acceptors (Lipinski definition) is 3. The molecule has 0 amide bonds. The molecule has 2 aliphatic rings. The lowest BCUT2D eigenvalue weighted by atomic mass is 9.90. The predicted molar refractivity (Wildman–Crippen MR) is 52.9 cm³/mol. The maximum atomic E-state index is 5.68. The van der Waals surface area contributed by atoms with Gasteiger partial charge in [-0.2, -0.15) is 0 Å². The van der Waals surface area contributed by atoms with Gasteiger partial charge in [-0.3, -0.25) is 0 Å². The predicted octanol–water partition coefficient (Wildman–Crippen LogP) is 0.677. The molecule has 3 rings (SSSR count). The summed E-state index contributed by atoms with van der Waals surface area (Å²) in [5, 5.41) is 8.53. The minimum absolute atomic E-state index is 0.631. The van der Waals surface area contributed by atoms with Crippen molar-refractivity contribution >= 4 is 0 Å². The zero-order chi connectivity index (χ0) is 9.54. The fourth-order valence-corrected chi connectivity index (χ4v) is 2.29. The van der Waals surface area contributed by atoms with Crippen LogP contribution in [0.4, 0.5) is 0 Å². The summed E-state index contributed by atoms with van der Waals surface area (Å²) in [5.74, 6) is 0.631. The highest BCUT2D eigenvalue weighted by Gasteiger charge is 2.31. The number of fused-ring (bicyclic) bond motifs is 1. The largest absolute Gasteiger partial charge is 0.330 e. The molecule has 2 aliphatic carbocycles. The van der Waals surface area contributed by atoms with Gasteiger partial charge in [0.05, 0.1) is 17.4 Å². The van der Waals surface area contributed by atoms with Crippen molar-refractivity contribution < 1.29 is 0 Å².